The summed E-state index contributed by atoms with van der Waals surface area (Å²) >= 11 is 1.88. The van der Waals surface area contributed by atoms with Gasteiger partial charge in [0.2, 0.25) is 0 Å². The SMILES string of the molecule is CSCCC(C)NCc1ccc(OCC#N)cc1. The molecule has 1 aromatic carbocycles. The molecular weight excluding hydrogens is 244 g/mol. The third kappa shape index (κ3) is 5.95. The van der Waals surface area contributed by atoms with Gasteiger partial charge in [0.25, 0.3) is 0 Å². The Bertz CT molecular complexity index is 372. The quantitative estimate of drug-likeness (QED) is 0.784. The lowest BCUT2D eigenvalue weighted by atomic mass is 10.2. The summed E-state index contributed by atoms with van der Waals surface area (Å²) in [6.07, 6.45) is 3.32. The second-order valence-corrected chi connectivity index (χ2v) is 5.14. The van der Waals surface area contributed by atoms with Crippen LogP contribution in [0.5, 0.6) is 5.75 Å². The van der Waals surface area contributed by atoms with Crippen LogP contribution in [0, 0.1) is 11.3 Å². The largest absolute Gasteiger partial charge is 0.479 e. The number of nitrogens with zero attached hydrogens (tertiary/aromatic N) is 1. The number of nitrogens with one attached hydrogen (secondary N) is 1. The Labute approximate surface area is 114 Å². The number of hydrogen-bond donors (Lipinski definition) is 1. The molecule has 0 aliphatic carbocycles. The zero-order valence-corrected chi connectivity index (χ0v) is 11.8. The lowest BCUT2D eigenvalue weighted by molar-refractivity contribution is 0.368. The van der Waals surface area contributed by atoms with Crippen LogP contribution in [0.2, 0.25) is 0 Å². The van der Waals surface area contributed by atoms with E-state index in [1.165, 1.54) is 17.7 Å². The molecule has 1 unspecified atom stereocenters. The topological polar surface area (TPSA) is 45.0 Å². The molecule has 0 aliphatic heterocycles. The summed E-state index contributed by atoms with van der Waals surface area (Å²) in [7, 11) is 0. The standard InChI is InChI=1S/C14H20N2OS/c1-12(7-10-18-2)16-11-13-3-5-14(6-4-13)17-9-8-15/h3-6,12,16H,7,9-11H2,1-2H3. The van der Waals surface area contributed by atoms with Crippen molar-refractivity contribution >= 4 is 11.8 Å². The van der Waals surface area contributed by atoms with Crippen molar-refractivity contribution in [3.05, 3.63) is 29.8 Å². The summed E-state index contributed by atoms with van der Waals surface area (Å²) in [5, 5.41) is 11.9. The number of nitriles is 1. The Morgan fingerprint density at radius 3 is 2.72 bits per heavy atom. The molecular formula is C14H20N2OS. The first-order chi connectivity index (χ1) is 8.76. The van der Waals surface area contributed by atoms with E-state index in [1.807, 2.05) is 42.1 Å². The molecule has 18 heavy (non-hydrogen) atoms. The molecule has 0 fully saturated rings. The summed E-state index contributed by atoms with van der Waals surface area (Å²) in [6, 6.07) is 10.4. The molecule has 0 bridgehead atoms. The molecule has 0 aliphatic rings. The first-order valence-corrected chi connectivity index (χ1v) is 7.46. The van der Waals surface area contributed by atoms with E-state index in [2.05, 4.69) is 18.5 Å². The fourth-order valence-corrected chi connectivity index (χ4v) is 2.10. The summed E-state index contributed by atoms with van der Waals surface area (Å²) in [4.78, 5) is 0. The Hall–Kier alpha value is -1.18. The third-order valence-corrected chi connectivity index (χ3v) is 3.28. The van der Waals surface area contributed by atoms with E-state index in [9.17, 15) is 0 Å². The molecule has 3 nitrogen and oxygen atoms in total. The van der Waals surface area contributed by atoms with Crippen LogP contribution in [-0.4, -0.2) is 24.7 Å². The van der Waals surface area contributed by atoms with Crippen molar-refractivity contribution in [2.75, 3.05) is 18.6 Å². The van der Waals surface area contributed by atoms with Gasteiger partial charge in [-0.2, -0.15) is 17.0 Å². The zero-order valence-electron chi connectivity index (χ0n) is 11.0. The van der Waals surface area contributed by atoms with Gasteiger partial charge in [0.05, 0.1) is 0 Å². The number of rotatable bonds is 8. The average Bonchev–Trinajstić information content (AvgIpc) is 2.41. The minimum Gasteiger partial charge on any atom is -0.479 e. The van der Waals surface area contributed by atoms with Crippen LogP contribution in [0.3, 0.4) is 0 Å². The summed E-state index contributed by atoms with van der Waals surface area (Å²) < 4.78 is 5.20. The second-order valence-electron chi connectivity index (χ2n) is 4.15. The first kappa shape index (κ1) is 14.9. The molecule has 0 radical (unpaired) electrons. The summed E-state index contributed by atoms with van der Waals surface area (Å²) in [6.45, 7) is 3.18. The highest BCUT2D eigenvalue weighted by molar-refractivity contribution is 7.98. The normalized spacial score (nSPS) is 11.8. The number of hydrogen-bond acceptors (Lipinski definition) is 4. The van der Waals surface area contributed by atoms with E-state index in [0.29, 0.717) is 6.04 Å². The van der Waals surface area contributed by atoms with Crippen molar-refractivity contribution in [1.29, 1.82) is 5.26 Å². The van der Waals surface area contributed by atoms with Gasteiger partial charge in [-0.1, -0.05) is 12.1 Å². The Morgan fingerprint density at radius 2 is 2.11 bits per heavy atom. The molecule has 0 aromatic heterocycles. The molecule has 0 saturated heterocycles. The third-order valence-electron chi connectivity index (χ3n) is 2.64. The van der Waals surface area contributed by atoms with Gasteiger partial charge >= 0.3 is 0 Å². The lowest BCUT2D eigenvalue weighted by Gasteiger charge is -2.13. The predicted octanol–water partition coefficient (Wildman–Crippen LogP) is 2.82. The van der Waals surface area contributed by atoms with Crippen LogP contribution >= 0.6 is 11.8 Å². The Kier molecular flexibility index (Phi) is 7.31. The van der Waals surface area contributed by atoms with E-state index < -0.39 is 0 Å². The molecule has 1 aromatic rings. The van der Waals surface area contributed by atoms with Crippen molar-refractivity contribution in [2.45, 2.75) is 25.9 Å². The maximum Gasteiger partial charge on any atom is 0.174 e. The molecule has 4 heteroatoms. The van der Waals surface area contributed by atoms with Gasteiger partial charge < -0.3 is 10.1 Å². The minimum absolute atomic E-state index is 0.101. The highest BCUT2D eigenvalue weighted by Gasteiger charge is 2.01. The van der Waals surface area contributed by atoms with Gasteiger partial charge in [0.1, 0.15) is 11.8 Å². The maximum absolute atomic E-state index is 8.41. The number of ether oxygens (including phenoxy) is 1. The van der Waals surface area contributed by atoms with Crippen LogP contribution in [-0.2, 0) is 6.54 Å². The summed E-state index contributed by atoms with van der Waals surface area (Å²) in [5.74, 6) is 1.94. The fourth-order valence-electron chi connectivity index (χ4n) is 1.51. The van der Waals surface area contributed by atoms with Crippen LogP contribution in [0.4, 0.5) is 0 Å². The Balaban J connectivity index is 2.32. The van der Waals surface area contributed by atoms with Gasteiger partial charge in [0.15, 0.2) is 6.61 Å². The molecule has 0 spiro atoms. The molecule has 0 saturated carbocycles. The highest BCUT2D eigenvalue weighted by Crippen LogP contribution is 2.12. The predicted molar refractivity (Wildman–Crippen MR) is 76.9 cm³/mol. The van der Waals surface area contributed by atoms with E-state index in [-0.39, 0.29) is 6.61 Å². The first-order valence-electron chi connectivity index (χ1n) is 6.07. The smallest absolute Gasteiger partial charge is 0.174 e. The van der Waals surface area contributed by atoms with Crippen LogP contribution in [0.25, 0.3) is 0 Å². The van der Waals surface area contributed by atoms with E-state index in [4.69, 9.17) is 10.00 Å². The molecule has 0 amide bonds. The lowest BCUT2D eigenvalue weighted by Crippen LogP contribution is -2.25. The fraction of sp³-hybridized carbons (Fsp3) is 0.500. The number of thioether (sulfide) groups is 1. The second kappa shape index (κ2) is 8.84. The molecule has 1 atom stereocenters. The van der Waals surface area contributed by atoms with E-state index in [0.717, 1.165) is 12.3 Å². The summed E-state index contributed by atoms with van der Waals surface area (Å²) in [5.41, 5.74) is 1.23. The van der Waals surface area contributed by atoms with Crippen molar-refractivity contribution in [3.8, 4) is 11.8 Å². The van der Waals surface area contributed by atoms with Crippen molar-refractivity contribution in [1.82, 2.24) is 5.32 Å². The van der Waals surface area contributed by atoms with Gasteiger partial charge in [-0.25, -0.2) is 0 Å². The van der Waals surface area contributed by atoms with Crippen LogP contribution < -0.4 is 10.1 Å². The zero-order chi connectivity index (χ0) is 13.2. The van der Waals surface area contributed by atoms with Gasteiger partial charge in [-0.15, -0.1) is 0 Å². The van der Waals surface area contributed by atoms with Crippen LogP contribution in [0.1, 0.15) is 18.9 Å². The molecule has 0 heterocycles. The van der Waals surface area contributed by atoms with Crippen molar-refractivity contribution in [3.63, 3.8) is 0 Å². The van der Waals surface area contributed by atoms with Crippen LogP contribution in [0.15, 0.2) is 24.3 Å². The molecule has 1 rings (SSSR count). The Morgan fingerprint density at radius 1 is 1.39 bits per heavy atom. The molecule has 98 valence electrons. The van der Waals surface area contributed by atoms with Gasteiger partial charge in [-0.3, -0.25) is 0 Å². The van der Waals surface area contributed by atoms with E-state index >= 15 is 0 Å². The van der Waals surface area contributed by atoms with E-state index in [1.54, 1.807) is 0 Å². The highest BCUT2D eigenvalue weighted by atomic mass is 32.2. The van der Waals surface area contributed by atoms with Gasteiger partial charge in [0, 0.05) is 12.6 Å². The average molecular weight is 264 g/mol. The maximum atomic E-state index is 8.41. The van der Waals surface area contributed by atoms with Crippen molar-refractivity contribution in [2.24, 2.45) is 0 Å². The monoisotopic (exact) mass is 264 g/mol. The van der Waals surface area contributed by atoms with Gasteiger partial charge in [-0.05, 0) is 43.0 Å². The molecule has 1 N–H and O–H groups in total. The van der Waals surface area contributed by atoms with Crippen molar-refractivity contribution < 1.29 is 4.74 Å². The number of benzene rings is 1. The minimum atomic E-state index is 0.101.